The zero-order valence-electron chi connectivity index (χ0n) is 18.9. The number of nitrogens with zero attached hydrogens (tertiary/aromatic N) is 4. The quantitative estimate of drug-likeness (QED) is 0.287. The summed E-state index contributed by atoms with van der Waals surface area (Å²) in [5.74, 6) is 2.16. The van der Waals surface area contributed by atoms with E-state index in [2.05, 4.69) is 20.5 Å². The van der Waals surface area contributed by atoms with E-state index in [0.717, 1.165) is 5.56 Å². The second-order valence-corrected chi connectivity index (χ2v) is 7.22. The number of methoxy groups -OCH3 is 2. The van der Waals surface area contributed by atoms with E-state index in [9.17, 15) is 9.59 Å². The van der Waals surface area contributed by atoms with Crippen LogP contribution in [0.25, 0.3) is 11.2 Å². The van der Waals surface area contributed by atoms with Crippen molar-refractivity contribution < 1.29 is 14.2 Å². The largest absolute Gasteiger partial charge is 0.493 e. The van der Waals surface area contributed by atoms with Crippen LogP contribution >= 0.6 is 0 Å². The van der Waals surface area contributed by atoms with Crippen molar-refractivity contribution in [2.75, 3.05) is 26.3 Å². The van der Waals surface area contributed by atoms with Gasteiger partial charge in [-0.1, -0.05) is 18.2 Å². The van der Waals surface area contributed by atoms with E-state index in [4.69, 9.17) is 14.2 Å². The number of H-pyrrole nitrogens is 1. The summed E-state index contributed by atoms with van der Waals surface area (Å²) in [5, 5.41) is 4.25. The van der Waals surface area contributed by atoms with E-state index in [1.807, 2.05) is 36.4 Å². The van der Waals surface area contributed by atoms with Gasteiger partial charge in [-0.25, -0.2) is 10.2 Å². The summed E-state index contributed by atoms with van der Waals surface area (Å²) in [6.07, 6.45) is 1.58. The zero-order chi connectivity index (χ0) is 24.1. The van der Waals surface area contributed by atoms with E-state index >= 15 is 0 Å². The average Bonchev–Trinajstić information content (AvgIpc) is 3.22. The molecular formula is C23H24N6O5. The number of hydrogen-bond donors (Lipinski definition) is 2. The second kappa shape index (κ2) is 9.94. The van der Waals surface area contributed by atoms with Crippen LogP contribution in [-0.2, 0) is 13.6 Å². The Morgan fingerprint density at radius 3 is 2.59 bits per heavy atom. The highest BCUT2D eigenvalue weighted by Crippen LogP contribution is 2.27. The number of aromatic amines is 1. The van der Waals surface area contributed by atoms with E-state index < -0.39 is 11.2 Å². The van der Waals surface area contributed by atoms with Crippen LogP contribution < -0.4 is 30.9 Å². The number of anilines is 1. The minimum Gasteiger partial charge on any atom is -0.493 e. The Morgan fingerprint density at radius 2 is 1.85 bits per heavy atom. The van der Waals surface area contributed by atoms with Crippen LogP contribution in [0.15, 0.2) is 63.2 Å². The number of benzene rings is 2. The molecule has 4 aromatic rings. The second-order valence-electron chi connectivity index (χ2n) is 7.22. The predicted octanol–water partition coefficient (Wildman–Crippen LogP) is 1.97. The van der Waals surface area contributed by atoms with Gasteiger partial charge in [0.05, 0.1) is 27.0 Å². The number of hydrazone groups is 1. The number of hydrogen-bond acceptors (Lipinski definition) is 8. The van der Waals surface area contributed by atoms with Crippen molar-refractivity contribution >= 4 is 23.3 Å². The highest BCUT2D eigenvalue weighted by atomic mass is 16.5. The molecule has 0 unspecified atom stereocenters. The lowest BCUT2D eigenvalue weighted by Gasteiger charge is -2.10. The molecule has 0 amide bonds. The van der Waals surface area contributed by atoms with Crippen molar-refractivity contribution in [3.05, 3.63) is 74.9 Å². The van der Waals surface area contributed by atoms with Gasteiger partial charge in [-0.3, -0.25) is 18.9 Å². The molecule has 0 bridgehead atoms. The fourth-order valence-electron chi connectivity index (χ4n) is 3.41. The summed E-state index contributed by atoms with van der Waals surface area (Å²) in [6, 6.07) is 14.7. The Hall–Kier alpha value is -4.54. The molecule has 0 saturated carbocycles. The Labute approximate surface area is 194 Å². The summed E-state index contributed by atoms with van der Waals surface area (Å²) in [7, 11) is 4.65. The maximum Gasteiger partial charge on any atom is 0.329 e. The van der Waals surface area contributed by atoms with Crippen LogP contribution in [0, 0.1) is 0 Å². The van der Waals surface area contributed by atoms with Crippen LogP contribution in [0.1, 0.15) is 5.56 Å². The van der Waals surface area contributed by atoms with E-state index in [1.54, 1.807) is 37.1 Å². The molecule has 4 rings (SSSR count). The fraction of sp³-hybridized carbons (Fsp3) is 0.217. The van der Waals surface area contributed by atoms with E-state index in [1.165, 1.54) is 11.6 Å². The number of rotatable bonds is 9. The first kappa shape index (κ1) is 22.6. The Kier molecular flexibility index (Phi) is 6.62. The first-order valence-corrected chi connectivity index (χ1v) is 10.4. The monoisotopic (exact) mass is 464 g/mol. The van der Waals surface area contributed by atoms with Gasteiger partial charge in [0.1, 0.15) is 12.4 Å². The van der Waals surface area contributed by atoms with Crippen LogP contribution in [-0.4, -0.2) is 46.1 Å². The molecule has 0 fully saturated rings. The molecule has 0 spiro atoms. The van der Waals surface area contributed by atoms with Gasteiger partial charge in [0, 0.05) is 7.05 Å². The number of ether oxygens (including phenoxy) is 3. The van der Waals surface area contributed by atoms with Crippen molar-refractivity contribution in [1.82, 2.24) is 19.1 Å². The average molecular weight is 464 g/mol. The molecule has 2 heterocycles. The van der Waals surface area contributed by atoms with Crippen molar-refractivity contribution in [2.24, 2.45) is 12.1 Å². The topological polar surface area (TPSA) is 125 Å². The lowest BCUT2D eigenvalue weighted by molar-refractivity contribution is 0.301. The molecule has 11 nitrogen and oxygen atoms in total. The molecule has 2 N–H and O–H groups in total. The molecule has 0 saturated heterocycles. The third-order valence-corrected chi connectivity index (χ3v) is 5.12. The van der Waals surface area contributed by atoms with Gasteiger partial charge >= 0.3 is 5.69 Å². The number of fused-ring (bicyclic) bond motifs is 1. The molecule has 11 heteroatoms. The van der Waals surface area contributed by atoms with Gasteiger partial charge in [-0.15, -0.1) is 0 Å². The van der Waals surface area contributed by atoms with Gasteiger partial charge in [-0.2, -0.15) is 10.1 Å². The normalized spacial score (nSPS) is 11.1. The molecule has 2 aromatic heterocycles. The van der Waals surface area contributed by atoms with Gasteiger partial charge in [0.15, 0.2) is 22.7 Å². The predicted molar refractivity (Wildman–Crippen MR) is 128 cm³/mol. The SMILES string of the molecule is COc1ccc(/C=N\Nc2nc3c(c(=O)[nH]c(=O)n3C)n2CCOc2ccccc2)cc1OC. The van der Waals surface area contributed by atoms with Crippen LogP contribution in [0.4, 0.5) is 5.95 Å². The van der Waals surface area contributed by atoms with Crippen LogP contribution in [0.2, 0.25) is 0 Å². The molecular weight excluding hydrogens is 440 g/mol. The molecule has 176 valence electrons. The van der Waals surface area contributed by atoms with Gasteiger partial charge in [0.2, 0.25) is 5.95 Å². The van der Waals surface area contributed by atoms with E-state index in [0.29, 0.717) is 23.8 Å². The minimum atomic E-state index is -0.553. The number of para-hydroxylation sites is 1. The summed E-state index contributed by atoms with van der Waals surface area (Å²) in [4.78, 5) is 31.4. The Morgan fingerprint density at radius 1 is 1.09 bits per heavy atom. The zero-order valence-corrected chi connectivity index (χ0v) is 18.9. The third-order valence-electron chi connectivity index (χ3n) is 5.12. The van der Waals surface area contributed by atoms with E-state index in [-0.39, 0.29) is 23.7 Å². The molecule has 2 aromatic carbocycles. The molecule has 0 radical (unpaired) electrons. The van der Waals surface area contributed by atoms with Gasteiger partial charge in [0.25, 0.3) is 5.56 Å². The minimum absolute atomic E-state index is 0.234. The highest BCUT2D eigenvalue weighted by molar-refractivity contribution is 5.81. The highest BCUT2D eigenvalue weighted by Gasteiger charge is 2.17. The lowest BCUT2D eigenvalue weighted by Crippen LogP contribution is -2.29. The summed E-state index contributed by atoms with van der Waals surface area (Å²) in [6.45, 7) is 0.562. The maximum atomic E-state index is 12.6. The Balaban J connectivity index is 1.63. The number of nitrogens with one attached hydrogen (secondary N) is 2. The summed E-state index contributed by atoms with van der Waals surface area (Å²) < 4.78 is 19.2. The van der Waals surface area contributed by atoms with Crippen molar-refractivity contribution in [3.8, 4) is 17.2 Å². The van der Waals surface area contributed by atoms with Gasteiger partial charge < -0.3 is 14.2 Å². The lowest BCUT2D eigenvalue weighted by atomic mass is 10.2. The maximum absolute atomic E-state index is 12.6. The standard InChI is InChI=1S/C23H24N6O5/c1-28-20-19(21(30)26-23(28)31)29(11-12-34-16-7-5-4-6-8-16)22(25-20)27-24-14-15-9-10-17(32-2)18(13-15)33-3/h4-10,13-14H,11-12H2,1-3H3,(H,25,27)(H,26,30,31)/b24-14-. The number of aryl methyl sites for hydroxylation is 1. The molecule has 0 atom stereocenters. The summed E-state index contributed by atoms with van der Waals surface area (Å²) in [5.41, 5.74) is 3.00. The fourth-order valence-corrected chi connectivity index (χ4v) is 3.41. The third kappa shape index (κ3) is 4.63. The molecule has 0 aliphatic heterocycles. The van der Waals surface area contributed by atoms with Crippen molar-refractivity contribution in [2.45, 2.75) is 6.54 Å². The van der Waals surface area contributed by atoms with Crippen LogP contribution in [0.3, 0.4) is 0 Å². The van der Waals surface area contributed by atoms with Crippen molar-refractivity contribution in [3.63, 3.8) is 0 Å². The summed E-state index contributed by atoms with van der Waals surface area (Å²) >= 11 is 0. The molecule has 34 heavy (non-hydrogen) atoms. The first-order chi connectivity index (χ1) is 16.5. The molecule has 0 aliphatic rings. The number of imidazole rings is 1. The molecule has 0 aliphatic carbocycles. The number of aromatic nitrogens is 4. The van der Waals surface area contributed by atoms with Gasteiger partial charge in [-0.05, 0) is 35.9 Å². The first-order valence-electron chi connectivity index (χ1n) is 10.4. The smallest absolute Gasteiger partial charge is 0.329 e. The van der Waals surface area contributed by atoms with Crippen molar-refractivity contribution in [1.29, 1.82) is 0 Å². The Bertz CT molecular complexity index is 1440. The van der Waals surface area contributed by atoms with Crippen LogP contribution in [0.5, 0.6) is 17.2 Å².